The smallest absolute Gasteiger partial charge is 0.399 e. The number of benzene rings is 1. The summed E-state index contributed by atoms with van der Waals surface area (Å²) in [7, 11) is 0. The first-order valence-corrected chi connectivity index (χ1v) is 3.59. The Kier molecular flexibility index (Phi) is 3.34. The highest BCUT2D eigenvalue weighted by molar-refractivity contribution is 5.38. The van der Waals surface area contributed by atoms with Crippen LogP contribution in [-0.4, -0.2) is 6.36 Å². The van der Waals surface area contributed by atoms with Crippen molar-refractivity contribution in [2.24, 2.45) is 0 Å². The molecule has 0 unspecified atom stereocenters. The molecule has 0 saturated heterocycles. The second-order valence-electron chi connectivity index (χ2n) is 2.54. The third kappa shape index (κ3) is 2.50. The van der Waals surface area contributed by atoms with Crippen molar-refractivity contribution < 1.29 is 44.9 Å². The summed E-state index contributed by atoms with van der Waals surface area (Å²) in [6.07, 6.45) is -5.58. The third-order valence-corrected chi connectivity index (χ3v) is 1.48. The van der Waals surface area contributed by atoms with Crippen LogP contribution < -0.4 is 9.68 Å². The van der Waals surface area contributed by atoms with Gasteiger partial charge in [0.15, 0.2) is 0 Å². The van der Waals surface area contributed by atoms with Crippen molar-refractivity contribution in [2.75, 3.05) is 0 Å². The zero-order valence-corrected chi connectivity index (χ0v) is 7.34. The first kappa shape index (κ1) is 13.3. The SMILES string of the molecule is FOc1c(F)c(F)c(OC(F)(F)F)c(F)c1F. The van der Waals surface area contributed by atoms with Crippen LogP contribution in [-0.2, 0) is 0 Å². The Bertz CT molecular complexity index is 411. The minimum Gasteiger partial charge on any atom is -0.399 e. The number of hydrogen-bond donors (Lipinski definition) is 0. The van der Waals surface area contributed by atoms with Gasteiger partial charge in [0.2, 0.25) is 34.8 Å². The van der Waals surface area contributed by atoms with Crippen LogP contribution in [0.4, 0.5) is 35.3 Å². The van der Waals surface area contributed by atoms with Gasteiger partial charge in [0.05, 0.1) is 0 Å². The van der Waals surface area contributed by atoms with E-state index in [2.05, 4.69) is 9.68 Å². The molecular weight excluding hydrogens is 268 g/mol. The van der Waals surface area contributed by atoms with Gasteiger partial charge in [-0.3, -0.25) is 4.94 Å². The van der Waals surface area contributed by atoms with Crippen molar-refractivity contribution in [2.45, 2.75) is 6.36 Å². The lowest BCUT2D eigenvalue weighted by molar-refractivity contribution is -0.276. The lowest BCUT2D eigenvalue weighted by Gasteiger charge is -2.12. The molecule has 0 aliphatic carbocycles. The molecule has 0 saturated carbocycles. The summed E-state index contributed by atoms with van der Waals surface area (Å²) < 4.78 is 100. The summed E-state index contributed by atoms with van der Waals surface area (Å²) in [6, 6.07) is 0. The van der Waals surface area contributed by atoms with Crippen molar-refractivity contribution in [3.05, 3.63) is 23.3 Å². The molecule has 0 bridgehead atoms. The average Bonchev–Trinajstić information content (AvgIpc) is 2.21. The van der Waals surface area contributed by atoms with Crippen molar-refractivity contribution in [3.8, 4) is 11.5 Å². The van der Waals surface area contributed by atoms with E-state index in [0.29, 0.717) is 0 Å². The van der Waals surface area contributed by atoms with Gasteiger partial charge in [-0.2, -0.15) is 17.6 Å². The van der Waals surface area contributed by atoms with Gasteiger partial charge in [0, 0.05) is 4.53 Å². The molecule has 1 rings (SSSR count). The van der Waals surface area contributed by atoms with E-state index in [1.807, 2.05) is 0 Å². The summed E-state index contributed by atoms with van der Waals surface area (Å²) >= 11 is 0. The van der Waals surface area contributed by atoms with Gasteiger partial charge in [-0.05, 0) is 0 Å². The van der Waals surface area contributed by atoms with Crippen LogP contribution >= 0.6 is 0 Å². The maximum Gasteiger partial charge on any atom is 0.573 e. The fraction of sp³-hybridized carbons (Fsp3) is 0.143. The molecule has 0 aromatic heterocycles. The maximum absolute atomic E-state index is 12.8. The van der Waals surface area contributed by atoms with Crippen molar-refractivity contribution in [1.29, 1.82) is 0 Å². The molecule has 0 fully saturated rings. The highest BCUT2D eigenvalue weighted by Crippen LogP contribution is 2.37. The molecule has 1 aromatic carbocycles. The predicted octanol–water partition coefficient (Wildman–Crippen LogP) is 3.40. The molecule has 0 spiro atoms. The van der Waals surface area contributed by atoms with Crippen molar-refractivity contribution >= 4 is 0 Å². The van der Waals surface area contributed by atoms with Crippen LogP contribution in [0.15, 0.2) is 0 Å². The second kappa shape index (κ2) is 4.26. The highest BCUT2D eigenvalue weighted by Gasteiger charge is 2.38. The molecule has 0 aliphatic rings. The van der Waals surface area contributed by atoms with Gasteiger partial charge in [-0.25, -0.2) is 0 Å². The largest absolute Gasteiger partial charge is 0.573 e. The van der Waals surface area contributed by atoms with E-state index < -0.39 is 41.1 Å². The monoisotopic (exact) mass is 268 g/mol. The zero-order chi connectivity index (χ0) is 13.4. The first-order chi connectivity index (χ1) is 7.69. The molecule has 0 atom stereocenters. The van der Waals surface area contributed by atoms with Gasteiger partial charge in [0.1, 0.15) is 0 Å². The average molecular weight is 268 g/mol. The number of hydrogen-bond acceptors (Lipinski definition) is 2. The maximum atomic E-state index is 12.8. The molecular formula is C7F8O2. The van der Waals surface area contributed by atoms with Gasteiger partial charge >= 0.3 is 6.36 Å². The fourth-order valence-electron chi connectivity index (χ4n) is 0.864. The third-order valence-electron chi connectivity index (χ3n) is 1.48. The van der Waals surface area contributed by atoms with Crippen molar-refractivity contribution in [3.63, 3.8) is 0 Å². The van der Waals surface area contributed by atoms with E-state index in [4.69, 9.17) is 0 Å². The molecule has 0 aliphatic heterocycles. The van der Waals surface area contributed by atoms with Crippen LogP contribution in [0.5, 0.6) is 11.5 Å². The topological polar surface area (TPSA) is 18.5 Å². The number of ether oxygens (including phenoxy) is 1. The van der Waals surface area contributed by atoms with Gasteiger partial charge < -0.3 is 4.74 Å². The van der Waals surface area contributed by atoms with Crippen molar-refractivity contribution in [1.82, 2.24) is 0 Å². The highest BCUT2D eigenvalue weighted by atomic mass is 19.4. The molecule has 0 radical (unpaired) electrons. The van der Waals surface area contributed by atoms with Crippen LogP contribution in [0.25, 0.3) is 0 Å². The van der Waals surface area contributed by atoms with E-state index in [1.165, 1.54) is 0 Å². The predicted molar refractivity (Wildman–Crippen MR) is 34.7 cm³/mol. The molecule has 0 amide bonds. The van der Waals surface area contributed by atoms with Crippen LogP contribution in [0, 0.1) is 23.3 Å². The summed E-state index contributed by atoms with van der Waals surface area (Å²) in [4.78, 5) is 2.46. The lowest BCUT2D eigenvalue weighted by atomic mass is 10.2. The van der Waals surface area contributed by atoms with E-state index in [-0.39, 0.29) is 0 Å². The number of rotatable bonds is 2. The standard InChI is InChI=1S/C7F8O2/c8-1-3(10)6(17-15)4(11)2(9)5(1)16-7(12,13)14. The fourth-order valence-corrected chi connectivity index (χ4v) is 0.864. The molecule has 10 heteroatoms. The molecule has 0 N–H and O–H groups in total. The molecule has 17 heavy (non-hydrogen) atoms. The summed E-state index contributed by atoms with van der Waals surface area (Å²) in [5.74, 6) is -14.7. The molecule has 0 heterocycles. The Balaban J connectivity index is 3.43. The van der Waals surface area contributed by atoms with Gasteiger partial charge in [0.25, 0.3) is 0 Å². The minimum atomic E-state index is -5.58. The van der Waals surface area contributed by atoms with Crippen LogP contribution in [0.3, 0.4) is 0 Å². The van der Waals surface area contributed by atoms with E-state index in [0.717, 1.165) is 0 Å². The van der Waals surface area contributed by atoms with E-state index >= 15 is 0 Å². The Labute approximate surface area is 87.2 Å². The first-order valence-electron chi connectivity index (χ1n) is 3.59. The summed E-state index contributed by atoms with van der Waals surface area (Å²) in [5, 5.41) is 0. The number of alkyl halides is 3. The Morgan fingerprint density at radius 1 is 0.706 bits per heavy atom. The molecule has 2 nitrogen and oxygen atoms in total. The van der Waals surface area contributed by atoms with Gasteiger partial charge in [-0.15, -0.1) is 13.2 Å². The van der Waals surface area contributed by atoms with Gasteiger partial charge in [-0.1, -0.05) is 0 Å². The zero-order valence-electron chi connectivity index (χ0n) is 7.34. The molecule has 96 valence electrons. The quantitative estimate of drug-likeness (QED) is 0.604. The lowest BCUT2D eigenvalue weighted by Crippen LogP contribution is -2.20. The summed E-state index contributed by atoms with van der Waals surface area (Å²) in [5.41, 5.74) is 0. The summed E-state index contributed by atoms with van der Waals surface area (Å²) in [6.45, 7) is 0. The Morgan fingerprint density at radius 2 is 1.06 bits per heavy atom. The number of halogens is 8. The second-order valence-corrected chi connectivity index (χ2v) is 2.54. The Morgan fingerprint density at radius 3 is 1.35 bits per heavy atom. The minimum absolute atomic E-state index is 2.14. The van der Waals surface area contributed by atoms with E-state index in [1.54, 1.807) is 0 Å². The van der Waals surface area contributed by atoms with E-state index in [9.17, 15) is 35.3 Å². The Hall–Kier alpha value is -1.74. The normalized spacial score (nSPS) is 11.5. The van der Waals surface area contributed by atoms with Crippen LogP contribution in [0.2, 0.25) is 0 Å². The van der Waals surface area contributed by atoms with Crippen LogP contribution in [0.1, 0.15) is 0 Å². The molecule has 1 aromatic rings.